The van der Waals surface area contributed by atoms with Crippen LogP contribution in [0.4, 0.5) is 8.78 Å². The summed E-state index contributed by atoms with van der Waals surface area (Å²) in [5, 5.41) is 10.0. The lowest BCUT2D eigenvalue weighted by molar-refractivity contribution is 0.462. The van der Waals surface area contributed by atoms with Crippen molar-refractivity contribution >= 4 is 0 Å². The van der Waals surface area contributed by atoms with Gasteiger partial charge in [0.15, 0.2) is 0 Å². The van der Waals surface area contributed by atoms with E-state index in [1.54, 1.807) is 18.5 Å². The van der Waals surface area contributed by atoms with Crippen LogP contribution in [0.25, 0.3) is 0 Å². The summed E-state index contributed by atoms with van der Waals surface area (Å²) in [6, 6.07) is 19.2. The average Bonchev–Trinajstić information content (AvgIpc) is 2.67. The lowest BCUT2D eigenvalue weighted by Crippen LogP contribution is -2.29. The molecule has 0 saturated carbocycles. The predicted molar refractivity (Wildman–Crippen MR) is 96.4 cm³/mol. The Bertz CT molecular complexity index is 904. The maximum absolute atomic E-state index is 14.6. The van der Waals surface area contributed by atoms with E-state index in [9.17, 15) is 14.0 Å². The van der Waals surface area contributed by atoms with Gasteiger partial charge in [-0.15, -0.1) is 0 Å². The molecule has 2 nitrogen and oxygen atoms in total. The summed E-state index contributed by atoms with van der Waals surface area (Å²) in [7, 11) is 0. The van der Waals surface area contributed by atoms with Crippen LogP contribution >= 0.6 is 0 Å². The number of nitriles is 1. The molecule has 3 rings (SSSR count). The van der Waals surface area contributed by atoms with Crippen LogP contribution in [0.15, 0.2) is 73.1 Å². The van der Waals surface area contributed by atoms with Gasteiger partial charge in [0, 0.05) is 24.0 Å². The van der Waals surface area contributed by atoms with Crippen molar-refractivity contribution in [1.29, 1.82) is 5.26 Å². The number of benzene rings is 2. The van der Waals surface area contributed by atoms with Crippen LogP contribution in [0.1, 0.15) is 23.1 Å². The number of aromatic nitrogens is 1. The number of rotatable bonds is 6. The zero-order chi connectivity index (χ0) is 18.4. The van der Waals surface area contributed by atoms with Gasteiger partial charge < -0.3 is 0 Å². The van der Waals surface area contributed by atoms with E-state index in [0.717, 1.165) is 17.2 Å². The van der Waals surface area contributed by atoms with Crippen molar-refractivity contribution in [2.45, 2.75) is 24.7 Å². The fraction of sp³-hybridized carbons (Fsp3) is 0.182. The Labute approximate surface area is 151 Å². The molecule has 0 bridgehead atoms. The van der Waals surface area contributed by atoms with E-state index < -0.39 is 17.0 Å². The third-order valence-corrected chi connectivity index (χ3v) is 4.57. The summed E-state index contributed by atoms with van der Waals surface area (Å²) in [5.74, 6) is -1.34. The molecule has 130 valence electrons. The van der Waals surface area contributed by atoms with Crippen LogP contribution in [0.3, 0.4) is 0 Å². The largest absolute Gasteiger partial charge is 0.264 e. The molecule has 4 heteroatoms. The zero-order valence-electron chi connectivity index (χ0n) is 14.2. The molecular formula is C22H18F2N2. The first-order valence-corrected chi connectivity index (χ1v) is 8.42. The van der Waals surface area contributed by atoms with Gasteiger partial charge in [-0.25, -0.2) is 8.78 Å². The number of hydrogen-bond acceptors (Lipinski definition) is 2. The maximum atomic E-state index is 14.6. The molecule has 0 N–H and O–H groups in total. The number of aryl methyl sites for hydroxylation is 1. The minimum absolute atomic E-state index is 0.223. The SMILES string of the molecule is N#CC(CCc1ccccc1)(Cc1cccnc1)c1ccc(F)cc1F. The van der Waals surface area contributed by atoms with Gasteiger partial charge in [-0.2, -0.15) is 5.26 Å². The highest BCUT2D eigenvalue weighted by atomic mass is 19.1. The molecule has 26 heavy (non-hydrogen) atoms. The second-order valence-electron chi connectivity index (χ2n) is 6.34. The van der Waals surface area contributed by atoms with Gasteiger partial charge >= 0.3 is 0 Å². The molecule has 0 saturated heterocycles. The van der Waals surface area contributed by atoms with Crippen LogP contribution in [0.5, 0.6) is 0 Å². The van der Waals surface area contributed by atoms with E-state index >= 15 is 0 Å². The van der Waals surface area contributed by atoms with E-state index in [0.29, 0.717) is 19.3 Å². The van der Waals surface area contributed by atoms with E-state index in [4.69, 9.17) is 0 Å². The number of hydrogen-bond donors (Lipinski definition) is 0. The molecule has 1 atom stereocenters. The average molecular weight is 348 g/mol. The summed E-state index contributed by atoms with van der Waals surface area (Å²) in [6.45, 7) is 0. The molecule has 0 amide bonds. The van der Waals surface area contributed by atoms with Crippen molar-refractivity contribution in [2.24, 2.45) is 0 Å². The van der Waals surface area contributed by atoms with Crippen molar-refractivity contribution in [1.82, 2.24) is 4.98 Å². The summed E-state index contributed by atoms with van der Waals surface area (Å²) >= 11 is 0. The van der Waals surface area contributed by atoms with Crippen LogP contribution in [-0.4, -0.2) is 4.98 Å². The molecule has 0 fully saturated rings. The first kappa shape index (κ1) is 17.8. The van der Waals surface area contributed by atoms with Gasteiger partial charge in [0.05, 0.1) is 11.5 Å². The minimum Gasteiger partial charge on any atom is -0.264 e. The van der Waals surface area contributed by atoms with Crippen LogP contribution in [-0.2, 0) is 18.3 Å². The topological polar surface area (TPSA) is 36.7 Å². The quantitative estimate of drug-likeness (QED) is 0.629. The lowest BCUT2D eigenvalue weighted by atomic mass is 9.73. The number of pyridine rings is 1. The Hall–Kier alpha value is -3.06. The molecule has 1 aromatic heterocycles. The van der Waals surface area contributed by atoms with E-state index in [-0.39, 0.29) is 5.56 Å². The number of nitrogens with zero attached hydrogens (tertiary/aromatic N) is 2. The summed E-state index contributed by atoms with van der Waals surface area (Å²) in [6.07, 6.45) is 4.68. The highest BCUT2D eigenvalue weighted by Crippen LogP contribution is 2.35. The monoisotopic (exact) mass is 348 g/mol. The second-order valence-corrected chi connectivity index (χ2v) is 6.34. The van der Waals surface area contributed by atoms with Crippen molar-refractivity contribution in [3.05, 3.63) is 101 Å². The van der Waals surface area contributed by atoms with Gasteiger partial charge in [-0.05, 0) is 42.5 Å². The molecule has 2 aromatic carbocycles. The van der Waals surface area contributed by atoms with Crippen LogP contribution in [0, 0.1) is 23.0 Å². The van der Waals surface area contributed by atoms with E-state index in [1.807, 2.05) is 36.4 Å². The first-order chi connectivity index (χ1) is 12.6. The van der Waals surface area contributed by atoms with Crippen molar-refractivity contribution < 1.29 is 8.78 Å². The van der Waals surface area contributed by atoms with Crippen LogP contribution < -0.4 is 0 Å². The van der Waals surface area contributed by atoms with Crippen molar-refractivity contribution in [3.8, 4) is 6.07 Å². The Balaban J connectivity index is 2.00. The molecule has 0 spiro atoms. The molecule has 0 aliphatic rings. The predicted octanol–water partition coefficient (Wildman–Crippen LogP) is 5.00. The van der Waals surface area contributed by atoms with Gasteiger partial charge in [-0.1, -0.05) is 42.5 Å². The fourth-order valence-electron chi connectivity index (χ4n) is 3.21. The second kappa shape index (κ2) is 7.88. The summed E-state index contributed by atoms with van der Waals surface area (Å²) in [4.78, 5) is 4.09. The normalized spacial score (nSPS) is 13.0. The Morgan fingerprint density at radius 2 is 1.73 bits per heavy atom. The van der Waals surface area contributed by atoms with E-state index in [1.165, 1.54) is 12.1 Å². The van der Waals surface area contributed by atoms with Gasteiger partial charge in [0.1, 0.15) is 11.6 Å². The first-order valence-electron chi connectivity index (χ1n) is 8.42. The van der Waals surface area contributed by atoms with Gasteiger partial charge in [-0.3, -0.25) is 4.98 Å². The molecule has 3 aromatic rings. The Kier molecular flexibility index (Phi) is 5.38. The standard InChI is InChI=1S/C22H18F2N2/c23-19-8-9-20(21(24)13-19)22(16-25,14-18-7-4-12-26-15-18)11-10-17-5-2-1-3-6-17/h1-9,12-13,15H,10-11,14H2. The molecular weight excluding hydrogens is 330 g/mol. The molecule has 1 unspecified atom stereocenters. The third-order valence-electron chi connectivity index (χ3n) is 4.57. The highest BCUT2D eigenvalue weighted by Gasteiger charge is 2.35. The molecule has 1 heterocycles. The third kappa shape index (κ3) is 3.94. The fourth-order valence-corrected chi connectivity index (χ4v) is 3.21. The molecule has 0 radical (unpaired) electrons. The van der Waals surface area contributed by atoms with Crippen molar-refractivity contribution in [2.75, 3.05) is 0 Å². The lowest BCUT2D eigenvalue weighted by Gasteiger charge is -2.28. The zero-order valence-corrected chi connectivity index (χ0v) is 14.2. The number of halogens is 2. The minimum atomic E-state index is -1.10. The summed E-state index contributed by atoms with van der Waals surface area (Å²) < 4.78 is 27.9. The smallest absolute Gasteiger partial charge is 0.130 e. The van der Waals surface area contributed by atoms with Gasteiger partial charge in [0.25, 0.3) is 0 Å². The highest BCUT2D eigenvalue weighted by molar-refractivity contribution is 5.37. The molecule has 0 aliphatic heterocycles. The van der Waals surface area contributed by atoms with Crippen molar-refractivity contribution in [3.63, 3.8) is 0 Å². The van der Waals surface area contributed by atoms with Crippen LogP contribution in [0.2, 0.25) is 0 Å². The van der Waals surface area contributed by atoms with Gasteiger partial charge in [0.2, 0.25) is 0 Å². The van der Waals surface area contributed by atoms with E-state index in [2.05, 4.69) is 11.1 Å². The Morgan fingerprint density at radius 1 is 0.962 bits per heavy atom. The summed E-state index contributed by atoms with van der Waals surface area (Å²) in [5.41, 5.74) is 1.03. The molecule has 0 aliphatic carbocycles. The Morgan fingerprint density at radius 3 is 2.38 bits per heavy atom. The maximum Gasteiger partial charge on any atom is 0.130 e.